The molecule has 106 valence electrons. The Kier molecular flexibility index (Phi) is 4.35. The molecule has 0 saturated carbocycles. The number of benzene rings is 1. The molecule has 0 saturated heterocycles. The van der Waals surface area contributed by atoms with E-state index in [1.54, 1.807) is 0 Å². The van der Waals surface area contributed by atoms with Crippen LogP contribution in [0.15, 0.2) is 6.07 Å². The van der Waals surface area contributed by atoms with E-state index in [1.165, 1.54) is 6.92 Å². The Bertz CT molecular complexity index is 480. The van der Waals surface area contributed by atoms with Crippen LogP contribution in [-0.4, -0.2) is 18.1 Å². The highest BCUT2D eigenvalue weighted by Crippen LogP contribution is 2.26. The van der Waals surface area contributed by atoms with Crippen LogP contribution < -0.4 is 16.2 Å². The zero-order chi connectivity index (χ0) is 14.8. The summed E-state index contributed by atoms with van der Waals surface area (Å²) in [4.78, 5) is 10.9. The number of halogens is 4. The number of carbonyl (C=O) groups is 1. The standard InChI is InChI=1S/C11H12F4N2O2/c1-11(17,10(16)18)2-3-19-9-7(14)5(12)4-6(13)8(9)15/h4H,2-3,17H2,1H3,(H2,16,18). The van der Waals surface area contributed by atoms with Gasteiger partial charge < -0.3 is 16.2 Å². The molecule has 0 heterocycles. The van der Waals surface area contributed by atoms with E-state index in [0.717, 1.165) is 0 Å². The summed E-state index contributed by atoms with van der Waals surface area (Å²) in [7, 11) is 0. The third-order valence-corrected chi connectivity index (χ3v) is 2.50. The Hall–Kier alpha value is -1.83. The molecule has 0 bridgehead atoms. The molecule has 1 rings (SSSR count). The molecule has 1 amide bonds. The van der Waals surface area contributed by atoms with E-state index >= 15 is 0 Å². The minimum absolute atomic E-state index is 0.0635. The van der Waals surface area contributed by atoms with Gasteiger partial charge in [0.15, 0.2) is 17.4 Å². The Labute approximate surface area is 106 Å². The van der Waals surface area contributed by atoms with Crippen molar-refractivity contribution in [2.75, 3.05) is 6.61 Å². The van der Waals surface area contributed by atoms with E-state index in [1.807, 2.05) is 0 Å². The average Bonchev–Trinajstić information content (AvgIpc) is 2.31. The van der Waals surface area contributed by atoms with Crippen LogP contribution in [0, 0.1) is 23.3 Å². The van der Waals surface area contributed by atoms with E-state index in [9.17, 15) is 22.4 Å². The number of ether oxygens (including phenoxy) is 1. The first-order valence-corrected chi connectivity index (χ1v) is 5.21. The van der Waals surface area contributed by atoms with Crippen molar-refractivity contribution in [2.45, 2.75) is 18.9 Å². The smallest absolute Gasteiger partial charge is 0.237 e. The highest BCUT2D eigenvalue weighted by atomic mass is 19.2. The van der Waals surface area contributed by atoms with Crippen molar-refractivity contribution < 1.29 is 27.1 Å². The van der Waals surface area contributed by atoms with Gasteiger partial charge in [0.25, 0.3) is 0 Å². The Morgan fingerprint density at radius 1 is 1.26 bits per heavy atom. The predicted octanol–water partition coefficient (Wildman–Crippen LogP) is 1.21. The summed E-state index contributed by atoms with van der Waals surface area (Å²) in [5, 5.41) is 0. The lowest BCUT2D eigenvalue weighted by Crippen LogP contribution is -2.50. The van der Waals surface area contributed by atoms with Gasteiger partial charge >= 0.3 is 0 Å². The number of hydrogen-bond donors (Lipinski definition) is 2. The maximum Gasteiger partial charge on any atom is 0.237 e. The van der Waals surface area contributed by atoms with Crippen LogP contribution in [0.2, 0.25) is 0 Å². The van der Waals surface area contributed by atoms with Crippen LogP contribution in [0.25, 0.3) is 0 Å². The molecule has 1 unspecified atom stereocenters. The van der Waals surface area contributed by atoms with E-state index in [0.29, 0.717) is 0 Å². The van der Waals surface area contributed by atoms with E-state index in [4.69, 9.17) is 11.5 Å². The lowest BCUT2D eigenvalue weighted by atomic mass is 9.99. The Morgan fingerprint density at radius 2 is 1.74 bits per heavy atom. The molecule has 1 aromatic carbocycles. The van der Waals surface area contributed by atoms with Gasteiger partial charge in [0, 0.05) is 12.5 Å². The number of primary amides is 1. The summed E-state index contributed by atoms with van der Waals surface area (Å²) in [5.41, 5.74) is 8.98. The van der Waals surface area contributed by atoms with Crippen molar-refractivity contribution in [3.05, 3.63) is 29.3 Å². The Morgan fingerprint density at radius 3 is 2.16 bits per heavy atom. The summed E-state index contributed by atoms with van der Waals surface area (Å²) < 4.78 is 56.7. The van der Waals surface area contributed by atoms with Gasteiger partial charge in [-0.25, -0.2) is 8.78 Å². The van der Waals surface area contributed by atoms with Crippen molar-refractivity contribution in [2.24, 2.45) is 11.5 Å². The average molecular weight is 280 g/mol. The number of amides is 1. The van der Waals surface area contributed by atoms with Gasteiger partial charge in [-0.05, 0) is 6.92 Å². The number of rotatable bonds is 5. The molecule has 1 atom stereocenters. The third-order valence-electron chi connectivity index (χ3n) is 2.50. The zero-order valence-corrected chi connectivity index (χ0v) is 9.97. The lowest BCUT2D eigenvalue weighted by Gasteiger charge is -2.20. The van der Waals surface area contributed by atoms with Crippen LogP contribution in [0.3, 0.4) is 0 Å². The summed E-state index contributed by atoms with van der Waals surface area (Å²) in [6.45, 7) is 0.851. The van der Waals surface area contributed by atoms with Crippen molar-refractivity contribution in [1.29, 1.82) is 0 Å². The minimum atomic E-state index is -1.66. The molecule has 19 heavy (non-hydrogen) atoms. The topological polar surface area (TPSA) is 78.3 Å². The van der Waals surface area contributed by atoms with Crippen molar-refractivity contribution in [3.63, 3.8) is 0 Å². The van der Waals surface area contributed by atoms with Crippen LogP contribution >= 0.6 is 0 Å². The first kappa shape index (κ1) is 15.2. The predicted molar refractivity (Wildman–Crippen MR) is 58.2 cm³/mol. The molecule has 0 aliphatic heterocycles. The quantitative estimate of drug-likeness (QED) is 0.628. The molecule has 0 aromatic heterocycles. The van der Waals surface area contributed by atoms with Crippen LogP contribution in [-0.2, 0) is 4.79 Å². The molecule has 1 aromatic rings. The monoisotopic (exact) mass is 280 g/mol. The fourth-order valence-electron chi connectivity index (χ4n) is 1.17. The van der Waals surface area contributed by atoms with Crippen LogP contribution in [0.4, 0.5) is 17.6 Å². The van der Waals surface area contributed by atoms with E-state index in [-0.39, 0.29) is 12.5 Å². The third kappa shape index (κ3) is 3.34. The van der Waals surface area contributed by atoms with Gasteiger partial charge in [-0.2, -0.15) is 8.78 Å². The summed E-state index contributed by atoms with van der Waals surface area (Å²) in [5.74, 6) is -8.52. The summed E-state index contributed by atoms with van der Waals surface area (Å²) >= 11 is 0. The summed E-state index contributed by atoms with van der Waals surface area (Å²) in [6.07, 6.45) is -0.181. The van der Waals surface area contributed by atoms with Gasteiger partial charge in [0.2, 0.25) is 17.5 Å². The molecular formula is C11H12F4N2O2. The van der Waals surface area contributed by atoms with Gasteiger partial charge in [-0.1, -0.05) is 0 Å². The fraction of sp³-hybridized carbons (Fsp3) is 0.364. The maximum atomic E-state index is 13.2. The molecular weight excluding hydrogens is 268 g/mol. The van der Waals surface area contributed by atoms with Crippen LogP contribution in [0.1, 0.15) is 13.3 Å². The fourth-order valence-corrected chi connectivity index (χ4v) is 1.17. The second-order valence-corrected chi connectivity index (χ2v) is 4.18. The molecule has 0 aliphatic carbocycles. The van der Waals surface area contributed by atoms with Crippen molar-refractivity contribution >= 4 is 5.91 Å². The minimum Gasteiger partial charge on any atom is -0.487 e. The Balaban J connectivity index is 2.82. The second-order valence-electron chi connectivity index (χ2n) is 4.18. The zero-order valence-electron chi connectivity index (χ0n) is 9.97. The van der Waals surface area contributed by atoms with Crippen molar-refractivity contribution in [3.8, 4) is 5.75 Å². The molecule has 4 N–H and O–H groups in total. The van der Waals surface area contributed by atoms with Gasteiger partial charge in [-0.3, -0.25) is 4.79 Å². The first-order chi connectivity index (χ1) is 8.66. The SMILES string of the molecule is CC(N)(CCOc1c(F)c(F)cc(F)c1F)C(N)=O. The largest absolute Gasteiger partial charge is 0.487 e. The lowest BCUT2D eigenvalue weighted by molar-refractivity contribution is -0.123. The molecule has 4 nitrogen and oxygen atoms in total. The molecule has 0 radical (unpaired) electrons. The van der Waals surface area contributed by atoms with Crippen molar-refractivity contribution in [1.82, 2.24) is 0 Å². The molecule has 0 fully saturated rings. The van der Waals surface area contributed by atoms with Gasteiger partial charge in [0.1, 0.15) is 0 Å². The molecule has 8 heteroatoms. The second kappa shape index (κ2) is 5.43. The van der Waals surface area contributed by atoms with E-state index in [2.05, 4.69) is 4.74 Å². The molecule has 0 spiro atoms. The number of nitrogens with two attached hydrogens (primary N) is 2. The number of hydrogen-bond acceptors (Lipinski definition) is 3. The van der Waals surface area contributed by atoms with Gasteiger partial charge in [0.05, 0.1) is 12.1 Å². The normalized spacial score (nSPS) is 14.0. The molecule has 0 aliphatic rings. The van der Waals surface area contributed by atoms with E-state index < -0.39 is 47.1 Å². The highest BCUT2D eigenvalue weighted by molar-refractivity contribution is 5.83. The maximum absolute atomic E-state index is 13.2. The highest BCUT2D eigenvalue weighted by Gasteiger charge is 2.27. The number of carbonyl (C=O) groups excluding carboxylic acids is 1. The van der Waals surface area contributed by atoms with Crippen LogP contribution in [0.5, 0.6) is 5.75 Å². The summed E-state index contributed by atoms with van der Waals surface area (Å²) in [6, 6.07) is 0.0635. The first-order valence-electron chi connectivity index (χ1n) is 5.21. The van der Waals surface area contributed by atoms with Gasteiger partial charge in [-0.15, -0.1) is 0 Å².